The zero-order chi connectivity index (χ0) is 37.5. The van der Waals surface area contributed by atoms with Gasteiger partial charge in [-0.3, -0.25) is 0 Å². The lowest BCUT2D eigenvalue weighted by molar-refractivity contribution is 0.801. The highest BCUT2D eigenvalue weighted by atomic mass is 32.2. The van der Waals surface area contributed by atoms with E-state index in [9.17, 15) is 0 Å². The molecule has 3 unspecified atom stereocenters. The predicted octanol–water partition coefficient (Wildman–Crippen LogP) is 14.2. The molecule has 274 valence electrons. The number of thioether (sulfide) groups is 1. The Morgan fingerprint density at radius 2 is 1.33 bits per heavy atom. The van der Waals surface area contributed by atoms with Crippen LogP contribution in [-0.4, -0.2) is 14.4 Å². The highest BCUT2D eigenvalue weighted by Gasteiger charge is 2.35. The summed E-state index contributed by atoms with van der Waals surface area (Å²) in [5.74, 6) is 0.780. The summed E-state index contributed by atoms with van der Waals surface area (Å²) in [7, 11) is 0. The molecular formula is C54H42N2S. The lowest BCUT2D eigenvalue weighted by Gasteiger charge is -2.24. The molecule has 2 aromatic heterocycles. The third-order valence-electron chi connectivity index (χ3n) is 13.0. The minimum absolute atomic E-state index is 0.287. The van der Waals surface area contributed by atoms with Crippen LogP contribution in [0.15, 0.2) is 180 Å². The van der Waals surface area contributed by atoms with Crippen molar-refractivity contribution in [3.8, 4) is 11.1 Å². The first kappa shape index (κ1) is 33.1. The number of nitrogens with zero attached hydrogens (tertiary/aromatic N) is 2. The van der Waals surface area contributed by atoms with Gasteiger partial charge >= 0.3 is 0 Å². The number of fused-ring (bicyclic) bond motifs is 8. The number of rotatable bonds is 5. The largest absolute Gasteiger partial charge is 0.313 e. The summed E-state index contributed by atoms with van der Waals surface area (Å²) in [6.45, 7) is 0. The molecule has 7 aromatic rings. The Kier molecular flexibility index (Phi) is 7.72. The van der Waals surface area contributed by atoms with E-state index < -0.39 is 0 Å². The van der Waals surface area contributed by atoms with Gasteiger partial charge in [-0.2, -0.15) is 0 Å². The quantitative estimate of drug-likeness (QED) is 0.170. The Morgan fingerprint density at radius 3 is 2.19 bits per heavy atom. The summed E-state index contributed by atoms with van der Waals surface area (Å²) < 4.78 is 5.10. The Balaban J connectivity index is 0.980. The number of allylic oxidation sites excluding steroid dienone is 12. The number of aromatic nitrogens is 2. The molecule has 0 N–H and O–H groups in total. The van der Waals surface area contributed by atoms with Crippen molar-refractivity contribution in [2.75, 3.05) is 0 Å². The lowest BCUT2D eigenvalue weighted by atomic mass is 9.84. The van der Waals surface area contributed by atoms with E-state index >= 15 is 0 Å². The van der Waals surface area contributed by atoms with Crippen molar-refractivity contribution in [3.05, 3.63) is 203 Å². The molecule has 3 atom stereocenters. The van der Waals surface area contributed by atoms with Gasteiger partial charge in [0, 0.05) is 50.3 Å². The summed E-state index contributed by atoms with van der Waals surface area (Å²) in [4.78, 5) is 1.59. The number of benzene rings is 5. The lowest BCUT2D eigenvalue weighted by Crippen LogP contribution is -2.12. The monoisotopic (exact) mass is 750 g/mol. The molecule has 5 aliphatic rings. The van der Waals surface area contributed by atoms with Gasteiger partial charge in [0.05, 0.1) is 16.6 Å². The highest BCUT2D eigenvalue weighted by molar-refractivity contribution is 8.04. The molecule has 0 fully saturated rings. The molecule has 0 amide bonds. The van der Waals surface area contributed by atoms with Crippen LogP contribution in [0.4, 0.5) is 0 Å². The third kappa shape index (κ3) is 5.40. The fourth-order valence-electron chi connectivity index (χ4n) is 10.3. The Bertz CT molecular complexity index is 3010. The van der Waals surface area contributed by atoms with E-state index in [1.807, 2.05) is 0 Å². The zero-order valence-electron chi connectivity index (χ0n) is 31.8. The average Bonchev–Trinajstić information content (AvgIpc) is 3.94. The number of para-hydroxylation sites is 1. The Hall–Kier alpha value is -6.03. The van der Waals surface area contributed by atoms with Crippen LogP contribution < -0.4 is 0 Å². The third-order valence-corrected chi connectivity index (χ3v) is 14.4. The van der Waals surface area contributed by atoms with Crippen LogP contribution in [0.5, 0.6) is 0 Å². The normalized spacial score (nSPS) is 21.1. The second kappa shape index (κ2) is 13.3. The first-order valence-corrected chi connectivity index (χ1v) is 21.5. The maximum Gasteiger partial charge on any atom is 0.0541 e. The fourth-order valence-corrected chi connectivity index (χ4v) is 11.7. The highest BCUT2D eigenvalue weighted by Crippen LogP contribution is 2.51. The van der Waals surface area contributed by atoms with Gasteiger partial charge in [0.25, 0.3) is 0 Å². The molecular weight excluding hydrogens is 709 g/mol. The SMILES string of the molecule is C1=CC2SC3=C(C=C(n4c5c(c6cc(-c7ccc8c(c7)c7ccccc7n8C7=CC(c8ccccc8)CC(c8ccccc8)=C7)ccc64)CCC=C5)CC3)C2C=C1. The van der Waals surface area contributed by atoms with Crippen molar-refractivity contribution >= 4 is 67.5 Å². The molecule has 2 nitrogen and oxygen atoms in total. The van der Waals surface area contributed by atoms with Gasteiger partial charge < -0.3 is 9.13 Å². The summed E-state index contributed by atoms with van der Waals surface area (Å²) in [6, 6.07) is 45.3. The van der Waals surface area contributed by atoms with E-state index in [0.29, 0.717) is 11.2 Å². The molecule has 0 bridgehead atoms. The van der Waals surface area contributed by atoms with Crippen molar-refractivity contribution in [2.45, 2.75) is 43.3 Å². The molecule has 12 rings (SSSR count). The Morgan fingerprint density at radius 1 is 0.596 bits per heavy atom. The molecule has 4 aliphatic carbocycles. The topological polar surface area (TPSA) is 9.86 Å². The fraction of sp³-hybridized carbons (Fsp3) is 0.148. The van der Waals surface area contributed by atoms with Crippen LogP contribution in [0, 0.1) is 5.92 Å². The van der Waals surface area contributed by atoms with Crippen molar-refractivity contribution in [1.82, 2.24) is 9.13 Å². The van der Waals surface area contributed by atoms with Crippen molar-refractivity contribution in [1.29, 1.82) is 0 Å². The van der Waals surface area contributed by atoms with Crippen molar-refractivity contribution in [3.63, 3.8) is 0 Å². The molecule has 5 aromatic carbocycles. The van der Waals surface area contributed by atoms with Crippen molar-refractivity contribution < 1.29 is 0 Å². The summed E-state index contributed by atoms with van der Waals surface area (Å²) in [5, 5.41) is 4.52. The first-order chi connectivity index (χ1) is 28.2. The summed E-state index contributed by atoms with van der Waals surface area (Å²) in [6.07, 6.45) is 26.8. The van der Waals surface area contributed by atoms with Gasteiger partial charge in [0.15, 0.2) is 0 Å². The van der Waals surface area contributed by atoms with Gasteiger partial charge in [0.1, 0.15) is 0 Å². The Labute approximate surface area is 338 Å². The first-order valence-electron chi connectivity index (χ1n) is 20.6. The smallest absolute Gasteiger partial charge is 0.0541 e. The number of hydrogen-bond donors (Lipinski definition) is 0. The maximum atomic E-state index is 2.60. The van der Waals surface area contributed by atoms with Gasteiger partial charge in [0.2, 0.25) is 0 Å². The van der Waals surface area contributed by atoms with Crippen LogP contribution in [0.3, 0.4) is 0 Å². The van der Waals surface area contributed by atoms with Gasteiger partial charge in [-0.1, -0.05) is 127 Å². The second-order valence-corrected chi connectivity index (χ2v) is 17.5. The number of hydrogen-bond acceptors (Lipinski definition) is 1. The number of aryl methyl sites for hydroxylation is 1. The van der Waals surface area contributed by atoms with Crippen LogP contribution in [-0.2, 0) is 6.42 Å². The average molecular weight is 751 g/mol. The standard InChI is InChI=1S/C54H42N2S/c1-3-13-35(14-4-1)39-29-40(36-15-5-2-6-16-36)31-42(30-39)56-50-21-11-8-18-44(50)47-33-38(24-27-52(47)56)37-23-26-51-46(32-37)43-17-7-10-20-49(43)55(51)41-25-28-54-48(34-41)45-19-9-12-22-53(45)57-54/h1-6,8-16,18-24,26-27,30-34,39,45,53H,7,17,25,28-29H2. The maximum absolute atomic E-state index is 2.60. The minimum Gasteiger partial charge on any atom is -0.313 e. The zero-order valence-corrected chi connectivity index (χ0v) is 32.6. The van der Waals surface area contributed by atoms with Crippen LogP contribution >= 0.6 is 11.8 Å². The van der Waals surface area contributed by atoms with E-state index in [-0.39, 0.29) is 5.92 Å². The van der Waals surface area contributed by atoms with Crippen molar-refractivity contribution in [2.24, 2.45) is 5.92 Å². The van der Waals surface area contributed by atoms with E-state index in [4.69, 9.17) is 0 Å². The molecule has 0 saturated carbocycles. The molecule has 0 spiro atoms. The van der Waals surface area contributed by atoms with E-state index in [2.05, 4.69) is 197 Å². The molecule has 3 heteroatoms. The summed E-state index contributed by atoms with van der Waals surface area (Å²) in [5.41, 5.74) is 17.5. The van der Waals surface area contributed by atoms with Crippen LogP contribution in [0.1, 0.15) is 54.0 Å². The van der Waals surface area contributed by atoms with Gasteiger partial charge in [-0.15, -0.1) is 11.8 Å². The second-order valence-electron chi connectivity index (χ2n) is 16.2. The van der Waals surface area contributed by atoms with E-state index in [0.717, 1.165) is 32.1 Å². The molecule has 1 aliphatic heterocycles. The van der Waals surface area contributed by atoms with E-state index in [1.165, 1.54) is 88.8 Å². The van der Waals surface area contributed by atoms with E-state index in [1.54, 1.807) is 4.91 Å². The minimum atomic E-state index is 0.287. The molecule has 57 heavy (non-hydrogen) atoms. The molecule has 0 saturated heterocycles. The van der Waals surface area contributed by atoms with Crippen LogP contribution in [0.2, 0.25) is 0 Å². The molecule has 0 radical (unpaired) electrons. The predicted molar refractivity (Wildman–Crippen MR) is 244 cm³/mol. The van der Waals surface area contributed by atoms with Crippen LogP contribution in [0.25, 0.3) is 66.9 Å². The van der Waals surface area contributed by atoms with Gasteiger partial charge in [-0.25, -0.2) is 0 Å². The van der Waals surface area contributed by atoms with Gasteiger partial charge in [-0.05, 0) is 125 Å². The summed E-state index contributed by atoms with van der Waals surface area (Å²) >= 11 is 2.08. The molecule has 3 heterocycles.